The third-order valence-corrected chi connectivity index (χ3v) is 3.65. The number of aryl methyl sites for hydroxylation is 1. The summed E-state index contributed by atoms with van der Waals surface area (Å²) in [5.41, 5.74) is 5.55. The average Bonchev–Trinajstić information content (AvgIpc) is 2.85. The quantitative estimate of drug-likeness (QED) is 0.480. The molecule has 3 nitrogen and oxygen atoms in total. The highest BCUT2D eigenvalue weighted by Crippen LogP contribution is 2.26. The Kier molecular flexibility index (Phi) is 2.10. The van der Waals surface area contributed by atoms with E-state index in [-0.39, 0.29) is 0 Å². The van der Waals surface area contributed by atoms with Crippen molar-refractivity contribution in [1.29, 1.82) is 5.26 Å². The van der Waals surface area contributed by atoms with E-state index in [0.29, 0.717) is 5.56 Å². The highest BCUT2D eigenvalue weighted by atomic mass is 15.0. The highest BCUT2D eigenvalue weighted by Gasteiger charge is 2.11. The second-order valence-electron chi connectivity index (χ2n) is 4.99. The lowest BCUT2D eigenvalue weighted by Crippen LogP contribution is -1.92. The second-order valence-corrected chi connectivity index (χ2v) is 4.99. The van der Waals surface area contributed by atoms with Crippen LogP contribution >= 0.6 is 0 Å². The second kappa shape index (κ2) is 3.82. The number of pyridine rings is 1. The Balaban J connectivity index is 2.37. The summed E-state index contributed by atoms with van der Waals surface area (Å²) in [6, 6.07) is 18.4. The van der Waals surface area contributed by atoms with E-state index in [9.17, 15) is 5.26 Å². The van der Waals surface area contributed by atoms with Gasteiger partial charge < -0.3 is 0 Å². The summed E-state index contributed by atoms with van der Waals surface area (Å²) < 4.78 is 2.07. The molecule has 0 N–H and O–H groups in total. The van der Waals surface area contributed by atoms with Gasteiger partial charge in [0.15, 0.2) is 5.65 Å². The molecule has 0 atom stereocenters. The first-order valence-electron chi connectivity index (χ1n) is 6.48. The molecule has 0 aliphatic carbocycles. The van der Waals surface area contributed by atoms with E-state index >= 15 is 0 Å². The molecule has 4 rings (SSSR count). The van der Waals surface area contributed by atoms with E-state index < -0.39 is 0 Å². The van der Waals surface area contributed by atoms with Crippen molar-refractivity contribution in [1.82, 2.24) is 9.38 Å². The lowest BCUT2D eigenvalue weighted by atomic mass is 10.1. The van der Waals surface area contributed by atoms with Crippen molar-refractivity contribution < 1.29 is 0 Å². The van der Waals surface area contributed by atoms with Crippen LogP contribution in [-0.2, 0) is 0 Å². The van der Waals surface area contributed by atoms with Gasteiger partial charge in [-0.05, 0) is 37.3 Å². The Bertz CT molecular complexity index is 1020. The number of benzene rings is 2. The number of para-hydroxylation sites is 2. The van der Waals surface area contributed by atoms with Gasteiger partial charge in [-0.2, -0.15) is 5.26 Å². The predicted molar refractivity (Wildman–Crippen MR) is 79.7 cm³/mol. The van der Waals surface area contributed by atoms with Gasteiger partial charge in [-0.1, -0.05) is 23.8 Å². The molecule has 0 bridgehead atoms. The van der Waals surface area contributed by atoms with Gasteiger partial charge in [0.1, 0.15) is 6.07 Å². The van der Waals surface area contributed by atoms with E-state index in [1.165, 1.54) is 5.56 Å². The van der Waals surface area contributed by atoms with Crippen molar-refractivity contribution in [3.8, 4) is 6.07 Å². The number of nitriles is 1. The molecule has 0 aliphatic rings. The van der Waals surface area contributed by atoms with Gasteiger partial charge in [0.05, 0.1) is 22.1 Å². The standard InChI is InChI=1S/C17H11N3/c1-11-6-7-15-12(8-11)9-13(10-18)17-19-14-4-2-3-5-16(14)20(15)17/h2-9H,1H3. The van der Waals surface area contributed by atoms with Crippen LogP contribution in [0, 0.1) is 18.3 Å². The highest BCUT2D eigenvalue weighted by molar-refractivity contribution is 5.93. The van der Waals surface area contributed by atoms with Gasteiger partial charge in [0.25, 0.3) is 0 Å². The third-order valence-electron chi connectivity index (χ3n) is 3.65. The van der Waals surface area contributed by atoms with Crippen LogP contribution in [0.5, 0.6) is 0 Å². The molecule has 2 aromatic carbocycles. The van der Waals surface area contributed by atoms with Crippen LogP contribution in [0.2, 0.25) is 0 Å². The lowest BCUT2D eigenvalue weighted by Gasteiger charge is -2.05. The van der Waals surface area contributed by atoms with E-state index in [4.69, 9.17) is 0 Å². The minimum absolute atomic E-state index is 0.610. The largest absolute Gasteiger partial charge is 0.291 e. The van der Waals surface area contributed by atoms with Crippen molar-refractivity contribution in [3.05, 3.63) is 59.7 Å². The minimum Gasteiger partial charge on any atom is -0.291 e. The molecular weight excluding hydrogens is 246 g/mol. The average molecular weight is 257 g/mol. The van der Waals surface area contributed by atoms with Crippen LogP contribution in [0.4, 0.5) is 0 Å². The van der Waals surface area contributed by atoms with E-state index in [1.807, 2.05) is 30.3 Å². The van der Waals surface area contributed by atoms with Crippen LogP contribution in [0.15, 0.2) is 48.5 Å². The molecule has 20 heavy (non-hydrogen) atoms. The van der Waals surface area contributed by atoms with Crippen LogP contribution in [0.1, 0.15) is 11.1 Å². The van der Waals surface area contributed by atoms with Crippen LogP contribution in [0.3, 0.4) is 0 Å². The molecule has 3 heteroatoms. The monoisotopic (exact) mass is 257 g/mol. The van der Waals surface area contributed by atoms with Gasteiger partial charge in [-0.25, -0.2) is 4.98 Å². The molecule has 0 unspecified atom stereocenters. The Labute approximate surface area is 115 Å². The molecule has 2 heterocycles. The molecule has 0 radical (unpaired) electrons. The minimum atomic E-state index is 0.610. The van der Waals surface area contributed by atoms with Gasteiger partial charge >= 0.3 is 0 Å². The van der Waals surface area contributed by atoms with Crippen LogP contribution in [0.25, 0.3) is 27.6 Å². The topological polar surface area (TPSA) is 41.1 Å². The Hall–Kier alpha value is -2.86. The fourth-order valence-electron chi connectivity index (χ4n) is 2.75. The fraction of sp³-hybridized carbons (Fsp3) is 0.0588. The zero-order valence-corrected chi connectivity index (χ0v) is 11.0. The number of rotatable bonds is 0. The molecule has 0 aliphatic heterocycles. The Morgan fingerprint density at radius 3 is 2.75 bits per heavy atom. The lowest BCUT2D eigenvalue weighted by molar-refractivity contribution is 1.28. The Morgan fingerprint density at radius 1 is 1.05 bits per heavy atom. The normalized spacial score (nSPS) is 11.2. The zero-order chi connectivity index (χ0) is 13.7. The molecule has 94 valence electrons. The van der Waals surface area contributed by atoms with Crippen LogP contribution in [-0.4, -0.2) is 9.38 Å². The molecule has 4 aromatic rings. The van der Waals surface area contributed by atoms with Gasteiger partial charge in [0.2, 0.25) is 0 Å². The molecule has 0 saturated heterocycles. The summed E-state index contributed by atoms with van der Waals surface area (Å²) in [4.78, 5) is 4.60. The van der Waals surface area contributed by atoms with Gasteiger partial charge in [-0.3, -0.25) is 4.40 Å². The van der Waals surface area contributed by atoms with Crippen molar-refractivity contribution in [3.63, 3.8) is 0 Å². The maximum atomic E-state index is 9.39. The van der Waals surface area contributed by atoms with Crippen molar-refractivity contribution in [2.24, 2.45) is 0 Å². The SMILES string of the molecule is Cc1ccc2c(c1)cc(C#N)c1nc3ccccc3n12. The summed E-state index contributed by atoms with van der Waals surface area (Å²) in [7, 11) is 0. The maximum Gasteiger partial charge on any atom is 0.156 e. The molecule has 0 spiro atoms. The number of hydrogen-bond acceptors (Lipinski definition) is 2. The molecular formula is C17H11N3. The summed E-state index contributed by atoms with van der Waals surface area (Å²) >= 11 is 0. The zero-order valence-electron chi connectivity index (χ0n) is 11.0. The van der Waals surface area contributed by atoms with Crippen molar-refractivity contribution >= 4 is 27.6 Å². The number of fused-ring (bicyclic) bond motifs is 5. The molecule has 0 saturated carbocycles. The summed E-state index contributed by atoms with van der Waals surface area (Å²) in [5, 5.41) is 10.5. The smallest absolute Gasteiger partial charge is 0.156 e. The first-order chi connectivity index (χ1) is 9.78. The summed E-state index contributed by atoms with van der Waals surface area (Å²) in [6.07, 6.45) is 0. The van der Waals surface area contributed by atoms with Gasteiger partial charge in [-0.15, -0.1) is 0 Å². The first-order valence-corrected chi connectivity index (χ1v) is 6.48. The van der Waals surface area contributed by atoms with Crippen LogP contribution < -0.4 is 0 Å². The summed E-state index contributed by atoms with van der Waals surface area (Å²) in [6.45, 7) is 2.06. The molecule has 2 aromatic heterocycles. The fourth-order valence-corrected chi connectivity index (χ4v) is 2.75. The van der Waals surface area contributed by atoms with Gasteiger partial charge in [0, 0.05) is 5.39 Å². The number of hydrogen-bond donors (Lipinski definition) is 0. The number of aromatic nitrogens is 2. The van der Waals surface area contributed by atoms with E-state index in [2.05, 4.69) is 40.6 Å². The third kappa shape index (κ3) is 1.36. The molecule has 0 fully saturated rings. The molecule has 0 amide bonds. The number of imidazole rings is 1. The maximum absolute atomic E-state index is 9.39. The number of nitrogens with zero attached hydrogens (tertiary/aromatic N) is 3. The first kappa shape index (κ1) is 11.0. The van der Waals surface area contributed by atoms with Crippen molar-refractivity contribution in [2.45, 2.75) is 6.92 Å². The Morgan fingerprint density at radius 2 is 1.90 bits per heavy atom. The van der Waals surface area contributed by atoms with E-state index in [1.54, 1.807) is 0 Å². The van der Waals surface area contributed by atoms with E-state index in [0.717, 1.165) is 27.6 Å². The predicted octanol–water partition coefficient (Wildman–Crippen LogP) is 3.82. The summed E-state index contributed by atoms with van der Waals surface area (Å²) in [5.74, 6) is 0. The van der Waals surface area contributed by atoms with Crippen molar-refractivity contribution in [2.75, 3.05) is 0 Å².